The van der Waals surface area contributed by atoms with Gasteiger partial charge in [0.15, 0.2) is 6.10 Å². The number of halogens is 7. The van der Waals surface area contributed by atoms with Gasteiger partial charge in [0.05, 0.1) is 16.3 Å². The van der Waals surface area contributed by atoms with Gasteiger partial charge in [0, 0.05) is 42.6 Å². The molecule has 0 radical (unpaired) electrons. The van der Waals surface area contributed by atoms with Crippen molar-refractivity contribution in [3.05, 3.63) is 63.2 Å². The summed E-state index contributed by atoms with van der Waals surface area (Å²) in [7, 11) is 0. The van der Waals surface area contributed by atoms with E-state index in [4.69, 9.17) is 16.4 Å². The largest absolute Gasteiger partial charge is 0.416 e. The summed E-state index contributed by atoms with van der Waals surface area (Å²) in [4.78, 5) is 21.5. The number of nitrogens with one attached hydrogen (secondary N) is 1. The fraction of sp³-hybridized carbons (Fsp3) is 0.381. The van der Waals surface area contributed by atoms with Gasteiger partial charge in [0.1, 0.15) is 11.5 Å². The van der Waals surface area contributed by atoms with Crippen molar-refractivity contribution in [2.24, 2.45) is 5.16 Å². The van der Waals surface area contributed by atoms with E-state index in [0.717, 1.165) is 0 Å². The Labute approximate surface area is 188 Å². The maximum absolute atomic E-state index is 14.4. The van der Waals surface area contributed by atoms with Crippen molar-refractivity contribution in [2.75, 3.05) is 0 Å². The van der Waals surface area contributed by atoms with Gasteiger partial charge in [-0.2, -0.15) is 13.2 Å². The Bertz CT molecular complexity index is 1140. The van der Waals surface area contributed by atoms with E-state index in [2.05, 4.69) is 15.5 Å². The third kappa shape index (κ3) is 4.78. The summed E-state index contributed by atoms with van der Waals surface area (Å²) in [6.45, 7) is 1.58. The van der Waals surface area contributed by atoms with E-state index in [9.17, 15) is 31.1 Å². The van der Waals surface area contributed by atoms with E-state index in [1.165, 1.54) is 6.20 Å². The molecular formula is C21H16ClF6N3O2. The molecule has 2 aliphatic rings. The van der Waals surface area contributed by atoms with E-state index in [0.29, 0.717) is 23.3 Å². The van der Waals surface area contributed by atoms with E-state index >= 15 is 0 Å². The first-order valence-corrected chi connectivity index (χ1v) is 10.2. The molecule has 2 aromatic rings. The van der Waals surface area contributed by atoms with Crippen LogP contribution in [0.15, 0.2) is 29.6 Å². The van der Waals surface area contributed by atoms with Crippen LogP contribution in [0.4, 0.5) is 26.3 Å². The highest BCUT2D eigenvalue weighted by molar-refractivity contribution is 6.30. The number of aromatic nitrogens is 1. The minimum absolute atomic E-state index is 0.0423. The molecule has 1 fully saturated rings. The van der Waals surface area contributed by atoms with Crippen molar-refractivity contribution < 1.29 is 36.0 Å². The molecule has 1 unspecified atom stereocenters. The van der Waals surface area contributed by atoms with Crippen molar-refractivity contribution in [3.8, 4) is 0 Å². The number of hydrogen-bond acceptors (Lipinski definition) is 4. The zero-order valence-electron chi connectivity index (χ0n) is 16.9. The van der Waals surface area contributed by atoms with Crippen LogP contribution in [0, 0.1) is 12.7 Å². The first-order valence-electron chi connectivity index (χ1n) is 9.78. The van der Waals surface area contributed by atoms with Gasteiger partial charge < -0.3 is 10.2 Å². The number of alkyl halides is 5. The zero-order chi connectivity index (χ0) is 24.1. The predicted molar refractivity (Wildman–Crippen MR) is 106 cm³/mol. The molecule has 1 atom stereocenters. The molecule has 0 saturated heterocycles. The third-order valence-electron chi connectivity index (χ3n) is 5.45. The molecule has 1 saturated carbocycles. The van der Waals surface area contributed by atoms with Crippen molar-refractivity contribution in [1.29, 1.82) is 0 Å². The lowest BCUT2D eigenvalue weighted by molar-refractivity contribution is -0.137. The molecule has 2 heterocycles. The second-order valence-electron chi connectivity index (χ2n) is 8.02. The van der Waals surface area contributed by atoms with E-state index in [1.54, 1.807) is 13.0 Å². The average Bonchev–Trinajstić information content (AvgIpc) is 3.17. The second kappa shape index (κ2) is 8.19. The predicted octanol–water partition coefficient (Wildman–Crippen LogP) is 5.59. The van der Waals surface area contributed by atoms with Crippen LogP contribution in [-0.4, -0.2) is 28.6 Å². The Hall–Kier alpha value is -2.82. The highest BCUT2D eigenvalue weighted by Gasteiger charge is 2.46. The SMILES string of the molecule is Cc1cc(C2=NOC(c3cc(C(F)(F)F)cc(Cl)c3F)C2)cnc1C(=O)NC1CC(F)(F)C1. The maximum atomic E-state index is 14.4. The smallest absolute Gasteiger partial charge is 0.387 e. The summed E-state index contributed by atoms with van der Waals surface area (Å²) in [5.74, 6) is -4.40. The molecule has 1 aromatic carbocycles. The summed E-state index contributed by atoms with van der Waals surface area (Å²) in [5, 5.41) is 5.64. The highest BCUT2D eigenvalue weighted by Crippen LogP contribution is 2.39. The monoisotopic (exact) mass is 491 g/mol. The molecule has 4 rings (SSSR count). The van der Waals surface area contributed by atoms with Gasteiger partial charge in [0.25, 0.3) is 11.8 Å². The summed E-state index contributed by atoms with van der Waals surface area (Å²) in [6.07, 6.45) is -5.47. The molecule has 5 nitrogen and oxygen atoms in total. The minimum Gasteiger partial charge on any atom is -0.387 e. The molecule has 1 aliphatic heterocycles. The molecule has 33 heavy (non-hydrogen) atoms. The number of carbonyl (C=O) groups excluding carboxylic acids is 1. The number of benzene rings is 1. The normalized spacial score (nSPS) is 20.1. The van der Waals surface area contributed by atoms with Crippen LogP contribution in [0.3, 0.4) is 0 Å². The van der Waals surface area contributed by atoms with Gasteiger partial charge >= 0.3 is 6.18 Å². The third-order valence-corrected chi connectivity index (χ3v) is 5.73. The second-order valence-corrected chi connectivity index (χ2v) is 8.43. The number of nitrogens with zero attached hydrogens (tertiary/aromatic N) is 2. The Morgan fingerprint density at radius 1 is 1.24 bits per heavy atom. The summed E-state index contributed by atoms with van der Waals surface area (Å²) in [6, 6.07) is 2.05. The summed E-state index contributed by atoms with van der Waals surface area (Å²) < 4.78 is 79.5. The lowest BCUT2D eigenvalue weighted by Crippen LogP contribution is -2.50. The van der Waals surface area contributed by atoms with Crippen molar-refractivity contribution in [3.63, 3.8) is 0 Å². The number of pyridine rings is 1. The van der Waals surface area contributed by atoms with Crippen LogP contribution >= 0.6 is 11.6 Å². The quantitative estimate of drug-likeness (QED) is 0.567. The van der Waals surface area contributed by atoms with Gasteiger partial charge in [-0.1, -0.05) is 16.8 Å². The Kier molecular flexibility index (Phi) is 5.80. The van der Waals surface area contributed by atoms with Crippen LogP contribution < -0.4 is 5.32 Å². The topological polar surface area (TPSA) is 63.6 Å². The van der Waals surface area contributed by atoms with Crippen molar-refractivity contribution in [1.82, 2.24) is 10.3 Å². The standard InChI is InChI=1S/C21H16ClF6N3O2/c1-9-2-10(8-29-18(9)19(32)30-12-6-20(24,25)7-12)15-5-16(33-31-15)13-3-11(21(26,27)28)4-14(22)17(13)23/h2-4,8,12,16H,5-7H2,1H3,(H,30,32). The minimum atomic E-state index is -4.72. The molecule has 1 aromatic heterocycles. The number of hydrogen-bond donors (Lipinski definition) is 1. The van der Waals surface area contributed by atoms with Crippen LogP contribution in [0.1, 0.15) is 58.1 Å². The Balaban J connectivity index is 1.48. The van der Waals surface area contributed by atoms with Gasteiger partial charge in [0.2, 0.25) is 0 Å². The van der Waals surface area contributed by atoms with Crippen LogP contribution in [-0.2, 0) is 11.0 Å². The summed E-state index contributed by atoms with van der Waals surface area (Å²) in [5.41, 5.74) is -0.324. The fourth-order valence-corrected chi connectivity index (χ4v) is 3.94. The van der Waals surface area contributed by atoms with E-state index in [1.807, 2.05) is 0 Å². The average molecular weight is 492 g/mol. The lowest BCUT2D eigenvalue weighted by Gasteiger charge is -2.35. The lowest BCUT2D eigenvalue weighted by atomic mass is 9.88. The van der Waals surface area contributed by atoms with Crippen molar-refractivity contribution in [2.45, 2.75) is 50.4 Å². The molecule has 176 valence electrons. The maximum Gasteiger partial charge on any atom is 0.416 e. The Morgan fingerprint density at radius 3 is 2.55 bits per heavy atom. The van der Waals surface area contributed by atoms with Gasteiger partial charge in [-0.05, 0) is 30.7 Å². The number of carbonyl (C=O) groups is 1. The molecule has 12 heteroatoms. The van der Waals surface area contributed by atoms with Crippen LogP contribution in [0.2, 0.25) is 5.02 Å². The number of rotatable bonds is 4. The molecule has 1 aliphatic carbocycles. The zero-order valence-corrected chi connectivity index (χ0v) is 17.7. The molecular weight excluding hydrogens is 476 g/mol. The van der Waals surface area contributed by atoms with Crippen LogP contribution in [0.5, 0.6) is 0 Å². The van der Waals surface area contributed by atoms with Crippen LogP contribution in [0.25, 0.3) is 0 Å². The highest BCUT2D eigenvalue weighted by atomic mass is 35.5. The first-order chi connectivity index (χ1) is 15.3. The van der Waals surface area contributed by atoms with Gasteiger partial charge in [-0.25, -0.2) is 13.2 Å². The van der Waals surface area contributed by atoms with Gasteiger partial charge in [-0.3, -0.25) is 9.78 Å². The summed E-state index contributed by atoms with van der Waals surface area (Å²) >= 11 is 5.63. The molecule has 1 amide bonds. The number of amides is 1. The van der Waals surface area contributed by atoms with Crippen molar-refractivity contribution >= 4 is 23.2 Å². The number of oxime groups is 1. The van der Waals surface area contributed by atoms with E-state index in [-0.39, 0.29) is 23.4 Å². The van der Waals surface area contributed by atoms with Gasteiger partial charge in [-0.15, -0.1) is 0 Å². The molecule has 0 bridgehead atoms. The Morgan fingerprint density at radius 2 is 1.94 bits per heavy atom. The first kappa shape index (κ1) is 23.3. The molecule has 0 spiro atoms. The molecule has 1 N–H and O–H groups in total. The number of aryl methyl sites for hydroxylation is 1. The fourth-order valence-electron chi connectivity index (χ4n) is 3.71. The van der Waals surface area contributed by atoms with E-state index < -0.39 is 59.4 Å².